The molecule has 0 unspecified atom stereocenters. The van der Waals surface area contributed by atoms with Crippen molar-refractivity contribution in [3.63, 3.8) is 0 Å². The number of hydrogen-bond acceptors (Lipinski definition) is 6. The molecule has 0 saturated carbocycles. The molecule has 3 amide bonds. The molecule has 2 aromatic heterocycles. The Labute approximate surface area is 198 Å². The first-order valence-corrected chi connectivity index (χ1v) is 11.4. The van der Waals surface area contributed by atoms with Crippen molar-refractivity contribution in [3.8, 4) is 0 Å². The summed E-state index contributed by atoms with van der Waals surface area (Å²) in [4.78, 5) is 29.2. The zero-order valence-electron chi connectivity index (χ0n) is 19.6. The molecule has 0 atom stereocenters. The first kappa shape index (κ1) is 23.4. The molecule has 1 aromatic carbocycles. The average molecular weight is 463 g/mol. The van der Waals surface area contributed by atoms with Crippen molar-refractivity contribution < 1.29 is 14.1 Å². The van der Waals surface area contributed by atoms with Gasteiger partial charge in [0.25, 0.3) is 5.91 Å². The summed E-state index contributed by atoms with van der Waals surface area (Å²) < 4.78 is 5.27. The predicted molar refractivity (Wildman–Crippen MR) is 131 cm³/mol. The second kappa shape index (κ2) is 10.0. The van der Waals surface area contributed by atoms with E-state index in [1.54, 1.807) is 42.6 Å². The Hall–Kier alpha value is -3.72. The van der Waals surface area contributed by atoms with E-state index in [0.29, 0.717) is 34.6 Å². The van der Waals surface area contributed by atoms with Crippen molar-refractivity contribution in [2.75, 3.05) is 29.0 Å². The molecule has 1 aliphatic heterocycles. The van der Waals surface area contributed by atoms with E-state index in [-0.39, 0.29) is 11.3 Å². The zero-order chi connectivity index (χ0) is 24.1. The van der Waals surface area contributed by atoms with Gasteiger partial charge in [-0.3, -0.25) is 15.1 Å². The summed E-state index contributed by atoms with van der Waals surface area (Å²) in [5.74, 6) is 1.23. The first-order valence-electron chi connectivity index (χ1n) is 11.4. The molecule has 3 aromatic rings. The molecule has 0 spiro atoms. The lowest BCUT2D eigenvalue weighted by atomic mass is 9.91. The molecule has 1 aliphatic rings. The van der Waals surface area contributed by atoms with Crippen LogP contribution in [0.4, 0.5) is 22.0 Å². The Morgan fingerprint density at radius 3 is 2.24 bits per heavy atom. The van der Waals surface area contributed by atoms with E-state index in [1.807, 2.05) is 26.8 Å². The van der Waals surface area contributed by atoms with Crippen LogP contribution in [0, 0.1) is 0 Å². The van der Waals surface area contributed by atoms with Crippen LogP contribution in [0.25, 0.3) is 0 Å². The number of rotatable bonds is 5. The standard InChI is InChI=1S/C25H30N6O3/c1-25(2,3)21-14-22(31-34-21)30-24(33)29-19-7-5-18(6-8-19)28-23(32)20-9-4-17(15-27-20)16-10-12-26-13-11-16/h4-9,14-16,26H,10-13H2,1-3H3,(H,28,32)(H2,29,30,31,33). The Bertz CT molecular complexity index is 1130. The van der Waals surface area contributed by atoms with Crippen molar-refractivity contribution >= 4 is 29.1 Å². The van der Waals surface area contributed by atoms with E-state index in [0.717, 1.165) is 25.9 Å². The van der Waals surface area contributed by atoms with Gasteiger partial charge < -0.3 is 20.5 Å². The van der Waals surface area contributed by atoms with Crippen molar-refractivity contribution in [2.45, 2.75) is 44.9 Å². The fourth-order valence-corrected chi connectivity index (χ4v) is 3.73. The maximum atomic E-state index is 12.6. The largest absolute Gasteiger partial charge is 0.359 e. The number of amides is 3. The van der Waals surface area contributed by atoms with E-state index < -0.39 is 6.03 Å². The Morgan fingerprint density at radius 2 is 1.65 bits per heavy atom. The molecule has 3 heterocycles. The highest BCUT2D eigenvalue weighted by atomic mass is 16.5. The molecule has 1 fully saturated rings. The summed E-state index contributed by atoms with van der Waals surface area (Å²) in [5, 5.41) is 15.4. The maximum absolute atomic E-state index is 12.6. The van der Waals surface area contributed by atoms with E-state index in [4.69, 9.17) is 4.52 Å². The number of nitrogens with one attached hydrogen (secondary N) is 4. The molecule has 0 aliphatic carbocycles. The highest BCUT2D eigenvalue weighted by molar-refractivity contribution is 6.03. The van der Waals surface area contributed by atoms with Crippen molar-refractivity contribution in [2.24, 2.45) is 0 Å². The second-order valence-corrected chi connectivity index (χ2v) is 9.44. The van der Waals surface area contributed by atoms with Gasteiger partial charge in [0.15, 0.2) is 5.82 Å². The van der Waals surface area contributed by atoms with Crippen LogP contribution in [0.5, 0.6) is 0 Å². The van der Waals surface area contributed by atoms with Crippen molar-refractivity contribution in [3.05, 3.63) is 65.7 Å². The number of pyridine rings is 1. The number of aromatic nitrogens is 2. The van der Waals surface area contributed by atoms with Crippen LogP contribution in [-0.2, 0) is 5.41 Å². The van der Waals surface area contributed by atoms with Crippen LogP contribution in [0.2, 0.25) is 0 Å². The Kier molecular flexibility index (Phi) is 6.93. The SMILES string of the molecule is CC(C)(C)c1cc(NC(=O)Nc2ccc(NC(=O)c3ccc(C4CCNCC4)cn3)cc2)no1. The second-order valence-electron chi connectivity index (χ2n) is 9.44. The number of piperidine rings is 1. The van der Waals surface area contributed by atoms with Crippen LogP contribution < -0.4 is 21.3 Å². The van der Waals surface area contributed by atoms with Gasteiger partial charge in [-0.1, -0.05) is 32.0 Å². The molecule has 9 nitrogen and oxygen atoms in total. The minimum atomic E-state index is -0.441. The third-order valence-corrected chi connectivity index (χ3v) is 5.72. The number of anilines is 3. The third kappa shape index (κ3) is 5.99. The highest BCUT2D eigenvalue weighted by Gasteiger charge is 2.20. The van der Waals surface area contributed by atoms with Crippen LogP contribution in [-0.4, -0.2) is 35.2 Å². The summed E-state index contributed by atoms with van der Waals surface area (Å²) in [5.41, 5.74) is 2.51. The summed E-state index contributed by atoms with van der Waals surface area (Å²) in [6.45, 7) is 8.02. The van der Waals surface area contributed by atoms with Gasteiger partial charge in [0, 0.05) is 29.1 Å². The lowest BCUT2D eigenvalue weighted by Gasteiger charge is -2.22. The van der Waals surface area contributed by atoms with Gasteiger partial charge in [-0.25, -0.2) is 4.79 Å². The lowest BCUT2D eigenvalue weighted by molar-refractivity contribution is 0.102. The molecule has 9 heteroatoms. The smallest absolute Gasteiger partial charge is 0.324 e. The molecular weight excluding hydrogens is 432 g/mol. The van der Waals surface area contributed by atoms with Crippen molar-refractivity contribution in [1.82, 2.24) is 15.5 Å². The van der Waals surface area contributed by atoms with Crippen LogP contribution in [0.1, 0.15) is 61.3 Å². The fraction of sp³-hybridized carbons (Fsp3) is 0.360. The zero-order valence-corrected chi connectivity index (χ0v) is 19.6. The number of carbonyl (C=O) groups is 2. The number of benzene rings is 1. The number of urea groups is 1. The summed E-state index contributed by atoms with van der Waals surface area (Å²) >= 11 is 0. The van der Waals surface area contributed by atoms with Crippen molar-refractivity contribution in [1.29, 1.82) is 0 Å². The van der Waals surface area contributed by atoms with Gasteiger partial charge in [-0.15, -0.1) is 0 Å². The van der Waals surface area contributed by atoms with Crippen LogP contribution in [0.15, 0.2) is 53.2 Å². The molecule has 4 N–H and O–H groups in total. The van der Waals surface area contributed by atoms with Crippen LogP contribution >= 0.6 is 0 Å². The summed E-state index contributed by atoms with van der Waals surface area (Å²) in [6.07, 6.45) is 3.97. The normalized spacial score (nSPS) is 14.4. The monoisotopic (exact) mass is 462 g/mol. The summed E-state index contributed by atoms with van der Waals surface area (Å²) in [6, 6.07) is 11.8. The minimum absolute atomic E-state index is 0.200. The van der Waals surface area contributed by atoms with Gasteiger partial charge in [0.1, 0.15) is 11.5 Å². The molecule has 178 valence electrons. The number of carbonyl (C=O) groups excluding carboxylic acids is 2. The maximum Gasteiger partial charge on any atom is 0.324 e. The number of nitrogens with zero attached hydrogens (tertiary/aromatic N) is 2. The minimum Gasteiger partial charge on any atom is -0.359 e. The van der Waals surface area contributed by atoms with Crippen LogP contribution in [0.3, 0.4) is 0 Å². The first-order chi connectivity index (χ1) is 16.3. The van der Waals surface area contributed by atoms with Gasteiger partial charge in [0.05, 0.1) is 0 Å². The molecule has 0 radical (unpaired) electrons. The predicted octanol–water partition coefficient (Wildman–Crippen LogP) is 4.73. The molecular formula is C25H30N6O3. The molecule has 4 rings (SSSR count). The Morgan fingerprint density at radius 1 is 0.971 bits per heavy atom. The van der Waals surface area contributed by atoms with Gasteiger partial charge >= 0.3 is 6.03 Å². The molecule has 34 heavy (non-hydrogen) atoms. The topological polar surface area (TPSA) is 121 Å². The quantitative estimate of drug-likeness (QED) is 0.435. The highest BCUT2D eigenvalue weighted by Crippen LogP contribution is 2.25. The van der Waals surface area contributed by atoms with E-state index in [9.17, 15) is 9.59 Å². The summed E-state index contributed by atoms with van der Waals surface area (Å²) in [7, 11) is 0. The molecule has 1 saturated heterocycles. The van der Waals surface area contributed by atoms with E-state index in [2.05, 4.69) is 31.4 Å². The van der Waals surface area contributed by atoms with Gasteiger partial charge in [-0.05, 0) is 67.7 Å². The van der Waals surface area contributed by atoms with E-state index >= 15 is 0 Å². The number of hydrogen-bond donors (Lipinski definition) is 4. The Balaban J connectivity index is 1.29. The lowest BCUT2D eigenvalue weighted by Crippen LogP contribution is -2.26. The fourth-order valence-electron chi connectivity index (χ4n) is 3.73. The third-order valence-electron chi connectivity index (χ3n) is 5.72. The van der Waals surface area contributed by atoms with E-state index in [1.165, 1.54) is 5.56 Å². The van der Waals surface area contributed by atoms with Gasteiger partial charge in [-0.2, -0.15) is 0 Å². The van der Waals surface area contributed by atoms with Gasteiger partial charge in [0.2, 0.25) is 0 Å². The average Bonchev–Trinajstić information content (AvgIpc) is 3.30. The molecule has 0 bridgehead atoms.